The monoisotopic (exact) mass is 566 g/mol. The van der Waals surface area contributed by atoms with Crippen LogP contribution in [0, 0.1) is 0 Å². The molecule has 5 rings (SSSR count). The molecule has 4 atom stereocenters. The molecule has 2 saturated heterocycles. The van der Waals surface area contributed by atoms with Crippen LogP contribution in [0.1, 0.15) is 40.2 Å². The molecule has 0 aliphatic carbocycles. The summed E-state index contributed by atoms with van der Waals surface area (Å²) in [7, 11) is 0.0409. The lowest BCUT2D eigenvalue weighted by Crippen LogP contribution is -2.67. The van der Waals surface area contributed by atoms with E-state index in [1.54, 1.807) is 0 Å². The Morgan fingerprint density at radius 3 is 2.02 bits per heavy atom. The molecule has 3 heterocycles. The van der Waals surface area contributed by atoms with Crippen molar-refractivity contribution >= 4 is 18.7 Å². The number of methoxy groups -OCH3 is 2. The maximum Gasteiger partial charge on any atom is 0.319 e. The van der Waals surface area contributed by atoms with E-state index < -0.39 is 38.2 Å². The molecular formula is C30H38N2O7Si. The summed E-state index contributed by atoms with van der Waals surface area (Å²) in [6.45, 7) is 10.4. The van der Waals surface area contributed by atoms with Crippen LogP contribution in [0.4, 0.5) is 0 Å². The Hall–Kier alpha value is -2.86. The lowest BCUT2D eigenvalue weighted by molar-refractivity contribution is -0.283. The maximum absolute atomic E-state index is 12.1. The summed E-state index contributed by atoms with van der Waals surface area (Å²) in [6, 6.07) is 20.8. The fourth-order valence-corrected chi connectivity index (χ4v) is 10.5. The van der Waals surface area contributed by atoms with Gasteiger partial charge in [-0.3, -0.25) is 0 Å². The molecule has 3 aromatic rings. The van der Waals surface area contributed by atoms with Gasteiger partial charge in [-0.05, 0) is 29.3 Å². The van der Waals surface area contributed by atoms with E-state index in [1.165, 1.54) is 20.4 Å². The standard InChI is InChI=1S/C30H38N2O7Si/c1-28(2,3)40(20-14-10-8-11-15-20,21-16-12-9-13-17-21)36-19-23-24-25(39-29(4,5)38-24)30(33,37-23)22-18-31-27(35-7)32-26(22)34-6/h8-18,23-25,33H,19H2,1-7H3/t23-,24-,25-,30-/m1/s1. The number of benzene rings is 2. The number of aromatic nitrogens is 2. The van der Waals surface area contributed by atoms with Crippen LogP contribution in [0.5, 0.6) is 11.9 Å². The molecule has 214 valence electrons. The molecule has 2 aliphatic heterocycles. The zero-order valence-corrected chi connectivity index (χ0v) is 25.1. The molecule has 0 spiro atoms. The smallest absolute Gasteiger partial charge is 0.319 e. The number of ether oxygens (including phenoxy) is 5. The SMILES string of the molecule is COc1ncc([C@@]2(O)O[C@H](CO[Si](c3ccccc3)(c3ccccc3)C(C)(C)C)[C@H]3OC(C)(C)O[C@H]32)c(OC)n1. The molecule has 2 aliphatic rings. The Balaban J connectivity index is 1.55. The second-order valence-corrected chi connectivity index (χ2v) is 15.9. The highest BCUT2D eigenvalue weighted by Crippen LogP contribution is 2.50. The summed E-state index contributed by atoms with van der Waals surface area (Å²) in [5, 5.41) is 14.1. The normalized spacial score (nSPS) is 25.9. The number of fused-ring (bicyclic) bond motifs is 1. The molecule has 0 unspecified atom stereocenters. The van der Waals surface area contributed by atoms with Gasteiger partial charge in [-0.25, -0.2) is 4.98 Å². The third-order valence-corrected chi connectivity index (χ3v) is 12.6. The van der Waals surface area contributed by atoms with Crippen molar-refractivity contribution in [1.82, 2.24) is 9.97 Å². The fourth-order valence-electron chi connectivity index (χ4n) is 5.89. The van der Waals surface area contributed by atoms with E-state index in [0.717, 1.165) is 10.4 Å². The molecule has 0 saturated carbocycles. The lowest BCUT2D eigenvalue weighted by Gasteiger charge is -2.43. The van der Waals surface area contributed by atoms with Gasteiger partial charge in [0.05, 0.1) is 26.4 Å². The van der Waals surface area contributed by atoms with Gasteiger partial charge in [0.15, 0.2) is 5.79 Å². The van der Waals surface area contributed by atoms with E-state index in [2.05, 4.69) is 55.0 Å². The van der Waals surface area contributed by atoms with Crippen LogP contribution in [0.15, 0.2) is 66.9 Å². The molecule has 2 fully saturated rings. The molecular weight excluding hydrogens is 528 g/mol. The van der Waals surface area contributed by atoms with E-state index in [1.807, 2.05) is 50.2 Å². The predicted octanol–water partition coefficient (Wildman–Crippen LogP) is 3.13. The second-order valence-electron chi connectivity index (χ2n) is 11.6. The van der Waals surface area contributed by atoms with Crippen molar-refractivity contribution in [2.45, 2.75) is 69.5 Å². The van der Waals surface area contributed by atoms with Gasteiger partial charge in [0, 0.05) is 6.20 Å². The highest BCUT2D eigenvalue weighted by atomic mass is 28.4. The predicted molar refractivity (Wildman–Crippen MR) is 151 cm³/mol. The number of aliphatic hydroxyl groups is 1. The highest BCUT2D eigenvalue weighted by molar-refractivity contribution is 6.99. The lowest BCUT2D eigenvalue weighted by atomic mass is 10.00. The zero-order chi connectivity index (χ0) is 28.8. The minimum atomic E-state index is -2.88. The first-order chi connectivity index (χ1) is 18.9. The van der Waals surface area contributed by atoms with Crippen molar-refractivity contribution < 1.29 is 33.2 Å². The first-order valence-corrected chi connectivity index (χ1v) is 15.3. The molecule has 9 nitrogen and oxygen atoms in total. The van der Waals surface area contributed by atoms with Crippen molar-refractivity contribution in [2.75, 3.05) is 20.8 Å². The molecule has 2 aromatic carbocycles. The van der Waals surface area contributed by atoms with Crippen LogP contribution in [-0.4, -0.2) is 68.3 Å². The molecule has 0 amide bonds. The van der Waals surface area contributed by atoms with Crippen LogP contribution >= 0.6 is 0 Å². The minimum absolute atomic E-state index is 0.106. The Labute approximate surface area is 236 Å². The molecule has 0 radical (unpaired) electrons. The van der Waals surface area contributed by atoms with Crippen LogP contribution in [0.2, 0.25) is 5.04 Å². The minimum Gasteiger partial charge on any atom is -0.480 e. The van der Waals surface area contributed by atoms with Gasteiger partial charge in [0.25, 0.3) is 8.32 Å². The van der Waals surface area contributed by atoms with Gasteiger partial charge in [0.1, 0.15) is 18.3 Å². The Morgan fingerprint density at radius 1 is 0.900 bits per heavy atom. The molecule has 1 N–H and O–H groups in total. The number of hydrogen-bond acceptors (Lipinski definition) is 9. The molecule has 0 bridgehead atoms. The summed E-state index contributed by atoms with van der Waals surface area (Å²) in [5.74, 6) is -2.78. The number of rotatable bonds is 8. The highest BCUT2D eigenvalue weighted by Gasteiger charge is 2.65. The largest absolute Gasteiger partial charge is 0.480 e. The van der Waals surface area contributed by atoms with E-state index in [0.29, 0.717) is 0 Å². The van der Waals surface area contributed by atoms with Gasteiger partial charge < -0.3 is 33.2 Å². The van der Waals surface area contributed by atoms with E-state index in [-0.39, 0.29) is 29.1 Å². The molecule has 40 heavy (non-hydrogen) atoms. The summed E-state index contributed by atoms with van der Waals surface area (Å²) < 4.78 is 36.7. The summed E-state index contributed by atoms with van der Waals surface area (Å²) in [4.78, 5) is 8.45. The van der Waals surface area contributed by atoms with Crippen LogP contribution in [0.25, 0.3) is 0 Å². The summed E-state index contributed by atoms with van der Waals surface area (Å²) >= 11 is 0. The average molecular weight is 567 g/mol. The van der Waals surface area contributed by atoms with Crippen molar-refractivity contribution in [2.24, 2.45) is 0 Å². The Bertz CT molecular complexity index is 1280. The van der Waals surface area contributed by atoms with Crippen molar-refractivity contribution in [1.29, 1.82) is 0 Å². The van der Waals surface area contributed by atoms with Gasteiger partial charge in [-0.1, -0.05) is 81.4 Å². The topological polar surface area (TPSA) is 101 Å². The van der Waals surface area contributed by atoms with Gasteiger partial charge in [0.2, 0.25) is 11.7 Å². The first kappa shape index (κ1) is 28.7. The van der Waals surface area contributed by atoms with Crippen molar-refractivity contribution in [3.05, 3.63) is 72.4 Å². The first-order valence-electron chi connectivity index (χ1n) is 13.4. The zero-order valence-electron chi connectivity index (χ0n) is 24.1. The third-order valence-electron chi connectivity index (χ3n) is 7.59. The Morgan fingerprint density at radius 2 is 1.50 bits per heavy atom. The van der Waals surface area contributed by atoms with Crippen LogP contribution < -0.4 is 19.8 Å². The van der Waals surface area contributed by atoms with Crippen LogP contribution in [0.3, 0.4) is 0 Å². The van der Waals surface area contributed by atoms with Gasteiger partial charge in [-0.2, -0.15) is 4.98 Å². The summed E-state index contributed by atoms with van der Waals surface area (Å²) in [6.07, 6.45) is -0.724. The molecule has 1 aromatic heterocycles. The Kier molecular flexibility index (Phi) is 7.53. The van der Waals surface area contributed by atoms with Crippen molar-refractivity contribution in [3.8, 4) is 11.9 Å². The number of nitrogens with zero attached hydrogens (tertiary/aromatic N) is 2. The fraction of sp³-hybridized carbons (Fsp3) is 0.467. The van der Waals surface area contributed by atoms with Crippen molar-refractivity contribution in [3.63, 3.8) is 0 Å². The summed E-state index contributed by atoms with van der Waals surface area (Å²) in [5.41, 5.74) is 0.222. The van der Waals surface area contributed by atoms with Gasteiger partial charge >= 0.3 is 6.01 Å². The number of hydrogen-bond donors (Lipinski definition) is 1. The molecule has 10 heteroatoms. The third kappa shape index (κ3) is 4.82. The van der Waals surface area contributed by atoms with Crippen LogP contribution in [-0.2, 0) is 24.4 Å². The van der Waals surface area contributed by atoms with Gasteiger partial charge in [-0.15, -0.1) is 0 Å². The quantitative estimate of drug-likeness (QED) is 0.412. The van der Waals surface area contributed by atoms with E-state index in [4.69, 9.17) is 28.1 Å². The van der Waals surface area contributed by atoms with E-state index >= 15 is 0 Å². The average Bonchev–Trinajstić information content (AvgIpc) is 3.40. The van der Waals surface area contributed by atoms with E-state index in [9.17, 15) is 5.11 Å². The maximum atomic E-state index is 12.1. The second kappa shape index (κ2) is 10.5.